The molecule has 2 heteroatoms. The standard InChI is InChI=1S/C8H15Br2/c1-2-3-4-5-8(10)6-7-9/h4,8H,2-3,5-7H2,1H3. The Hall–Kier alpha value is 0.960. The van der Waals surface area contributed by atoms with Gasteiger partial charge in [0.05, 0.1) is 0 Å². The minimum atomic E-state index is 0.679. The van der Waals surface area contributed by atoms with E-state index < -0.39 is 0 Å². The van der Waals surface area contributed by atoms with Crippen molar-refractivity contribution in [3.05, 3.63) is 6.42 Å². The van der Waals surface area contributed by atoms with Crippen LogP contribution in [-0.4, -0.2) is 10.2 Å². The number of halogens is 2. The van der Waals surface area contributed by atoms with Crippen LogP contribution in [0.5, 0.6) is 0 Å². The second-order valence-corrected chi connectivity index (χ2v) is 4.48. The largest absolute Gasteiger partial charge is 0.0928 e. The maximum absolute atomic E-state index is 3.61. The summed E-state index contributed by atoms with van der Waals surface area (Å²) >= 11 is 7.02. The third-order valence-electron chi connectivity index (χ3n) is 1.34. The van der Waals surface area contributed by atoms with Gasteiger partial charge in [0, 0.05) is 10.2 Å². The summed E-state index contributed by atoms with van der Waals surface area (Å²) in [6, 6.07) is 0. The van der Waals surface area contributed by atoms with Crippen molar-refractivity contribution in [2.75, 3.05) is 5.33 Å². The second-order valence-electron chi connectivity index (χ2n) is 2.39. The highest BCUT2D eigenvalue weighted by Crippen LogP contribution is 2.14. The molecule has 1 atom stereocenters. The molecular formula is C8H15Br2. The van der Waals surface area contributed by atoms with Crippen LogP contribution < -0.4 is 0 Å². The number of rotatable bonds is 6. The Morgan fingerprint density at radius 1 is 1.50 bits per heavy atom. The van der Waals surface area contributed by atoms with Crippen molar-refractivity contribution in [1.29, 1.82) is 0 Å². The average molecular weight is 271 g/mol. The lowest BCUT2D eigenvalue weighted by atomic mass is 10.1. The Morgan fingerprint density at radius 2 is 2.20 bits per heavy atom. The molecule has 0 aromatic heterocycles. The smallest absolute Gasteiger partial charge is 0.0156 e. The molecule has 0 aromatic rings. The van der Waals surface area contributed by atoms with E-state index >= 15 is 0 Å². The Bertz CT molecular complexity index is 64.3. The van der Waals surface area contributed by atoms with Gasteiger partial charge < -0.3 is 0 Å². The molecule has 0 aromatic carbocycles. The molecule has 1 radical (unpaired) electrons. The van der Waals surface area contributed by atoms with E-state index in [1.165, 1.54) is 25.7 Å². The number of alkyl halides is 2. The maximum Gasteiger partial charge on any atom is 0.0156 e. The molecular weight excluding hydrogens is 256 g/mol. The van der Waals surface area contributed by atoms with Crippen molar-refractivity contribution in [3.63, 3.8) is 0 Å². The highest BCUT2D eigenvalue weighted by Gasteiger charge is 2.01. The molecule has 1 unspecified atom stereocenters. The molecule has 0 nitrogen and oxygen atoms in total. The average Bonchev–Trinajstić information content (AvgIpc) is 1.89. The Labute approximate surface area is 81.0 Å². The highest BCUT2D eigenvalue weighted by atomic mass is 79.9. The zero-order valence-electron chi connectivity index (χ0n) is 6.45. The van der Waals surface area contributed by atoms with Crippen molar-refractivity contribution in [2.24, 2.45) is 0 Å². The molecule has 0 heterocycles. The summed E-state index contributed by atoms with van der Waals surface area (Å²) in [5.74, 6) is 0. The quantitative estimate of drug-likeness (QED) is 0.507. The minimum absolute atomic E-state index is 0.679. The third-order valence-corrected chi connectivity index (χ3v) is 2.63. The van der Waals surface area contributed by atoms with Crippen molar-refractivity contribution in [3.8, 4) is 0 Å². The normalized spacial score (nSPS) is 13.5. The van der Waals surface area contributed by atoms with Crippen LogP contribution in [0.2, 0.25) is 0 Å². The summed E-state index contributed by atoms with van der Waals surface area (Å²) in [7, 11) is 0. The van der Waals surface area contributed by atoms with E-state index in [2.05, 4.69) is 45.2 Å². The van der Waals surface area contributed by atoms with Gasteiger partial charge in [-0.05, 0) is 19.3 Å². The zero-order chi connectivity index (χ0) is 7.82. The lowest BCUT2D eigenvalue weighted by molar-refractivity contribution is 0.766. The zero-order valence-corrected chi connectivity index (χ0v) is 9.62. The molecule has 0 saturated heterocycles. The van der Waals surface area contributed by atoms with Gasteiger partial charge in [0.15, 0.2) is 0 Å². The van der Waals surface area contributed by atoms with Crippen LogP contribution in [0.1, 0.15) is 32.6 Å². The van der Waals surface area contributed by atoms with Gasteiger partial charge in [0.2, 0.25) is 0 Å². The molecule has 0 aliphatic heterocycles. The summed E-state index contributed by atoms with van der Waals surface area (Å²) < 4.78 is 0. The first-order valence-corrected chi connectivity index (χ1v) is 5.86. The molecule has 0 aliphatic rings. The molecule has 0 aliphatic carbocycles. The van der Waals surface area contributed by atoms with Crippen LogP contribution in [0.15, 0.2) is 0 Å². The molecule has 0 N–H and O–H groups in total. The summed E-state index contributed by atoms with van der Waals surface area (Å²) in [6.07, 6.45) is 7.32. The van der Waals surface area contributed by atoms with Crippen LogP contribution in [0, 0.1) is 6.42 Å². The number of unbranched alkanes of at least 4 members (excludes halogenated alkanes) is 2. The van der Waals surface area contributed by atoms with Crippen LogP contribution in [0.4, 0.5) is 0 Å². The fraction of sp³-hybridized carbons (Fsp3) is 0.875. The molecule has 10 heavy (non-hydrogen) atoms. The van der Waals surface area contributed by atoms with Gasteiger partial charge in [-0.25, -0.2) is 0 Å². The Morgan fingerprint density at radius 3 is 2.70 bits per heavy atom. The van der Waals surface area contributed by atoms with Crippen molar-refractivity contribution >= 4 is 31.9 Å². The lowest BCUT2D eigenvalue weighted by Gasteiger charge is -2.05. The van der Waals surface area contributed by atoms with Gasteiger partial charge in [0.25, 0.3) is 0 Å². The van der Waals surface area contributed by atoms with Crippen LogP contribution in [0.3, 0.4) is 0 Å². The van der Waals surface area contributed by atoms with E-state index in [1.54, 1.807) is 0 Å². The van der Waals surface area contributed by atoms with Gasteiger partial charge >= 0.3 is 0 Å². The maximum atomic E-state index is 3.61. The molecule has 0 saturated carbocycles. The van der Waals surface area contributed by atoms with Gasteiger partial charge in [0.1, 0.15) is 0 Å². The Kier molecular flexibility index (Phi) is 8.83. The monoisotopic (exact) mass is 269 g/mol. The number of hydrogen-bond acceptors (Lipinski definition) is 0. The minimum Gasteiger partial charge on any atom is -0.0928 e. The molecule has 0 amide bonds. The third kappa shape index (κ3) is 7.07. The molecule has 61 valence electrons. The van der Waals surface area contributed by atoms with Crippen LogP contribution >= 0.6 is 31.9 Å². The molecule has 0 bridgehead atoms. The summed E-state index contributed by atoms with van der Waals surface area (Å²) in [5, 5.41) is 1.10. The molecule has 0 fully saturated rings. The van der Waals surface area contributed by atoms with E-state index in [-0.39, 0.29) is 0 Å². The summed E-state index contributed by atoms with van der Waals surface area (Å²) in [4.78, 5) is 0.679. The predicted octanol–water partition coefficient (Wildman–Crippen LogP) is 3.93. The number of hydrogen-bond donors (Lipinski definition) is 0. The topological polar surface area (TPSA) is 0 Å². The van der Waals surface area contributed by atoms with E-state index in [9.17, 15) is 0 Å². The van der Waals surface area contributed by atoms with E-state index in [0.29, 0.717) is 4.83 Å². The van der Waals surface area contributed by atoms with Gasteiger partial charge in [-0.15, -0.1) is 0 Å². The first kappa shape index (κ1) is 11.0. The summed E-state index contributed by atoms with van der Waals surface area (Å²) in [6.45, 7) is 2.21. The van der Waals surface area contributed by atoms with E-state index in [4.69, 9.17) is 0 Å². The van der Waals surface area contributed by atoms with Crippen LogP contribution in [0.25, 0.3) is 0 Å². The van der Waals surface area contributed by atoms with Gasteiger partial charge in [-0.1, -0.05) is 51.6 Å². The second kappa shape index (κ2) is 8.06. The van der Waals surface area contributed by atoms with E-state index in [0.717, 1.165) is 5.33 Å². The van der Waals surface area contributed by atoms with Gasteiger partial charge in [-0.2, -0.15) is 0 Å². The SMILES string of the molecule is CCC[CH]CC(Br)CCBr. The van der Waals surface area contributed by atoms with Crippen molar-refractivity contribution in [1.82, 2.24) is 0 Å². The predicted molar refractivity (Wildman–Crippen MR) is 55.0 cm³/mol. The van der Waals surface area contributed by atoms with Crippen molar-refractivity contribution < 1.29 is 0 Å². The lowest BCUT2D eigenvalue weighted by Crippen LogP contribution is -1.98. The summed E-state index contributed by atoms with van der Waals surface area (Å²) in [5.41, 5.74) is 0. The van der Waals surface area contributed by atoms with Gasteiger partial charge in [-0.3, -0.25) is 0 Å². The Balaban J connectivity index is 2.97. The first-order valence-electron chi connectivity index (χ1n) is 3.83. The first-order chi connectivity index (χ1) is 4.81. The fourth-order valence-electron chi connectivity index (χ4n) is 0.739. The fourth-order valence-corrected chi connectivity index (χ4v) is 2.40. The van der Waals surface area contributed by atoms with Crippen molar-refractivity contribution in [2.45, 2.75) is 37.4 Å². The molecule has 0 rings (SSSR count). The highest BCUT2D eigenvalue weighted by molar-refractivity contribution is 9.10. The van der Waals surface area contributed by atoms with E-state index in [1.807, 2.05) is 0 Å². The van der Waals surface area contributed by atoms with Crippen LogP contribution in [-0.2, 0) is 0 Å². The molecule has 0 spiro atoms.